The van der Waals surface area contributed by atoms with E-state index in [-0.39, 0.29) is 11.5 Å². The van der Waals surface area contributed by atoms with Crippen molar-refractivity contribution in [3.63, 3.8) is 0 Å². The van der Waals surface area contributed by atoms with Crippen LogP contribution < -0.4 is 4.31 Å². The van der Waals surface area contributed by atoms with E-state index in [0.29, 0.717) is 17.7 Å². The normalized spacial score (nSPS) is 11.6. The molecule has 0 saturated carbocycles. The summed E-state index contributed by atoms with van der Waals surface area (Å²) in [5.74, 6) is -0.0477. The van der Waals surface area contributed by atoms with E-state index in [1.807, 2.05) is 21.0 Å². The van der Waals surface area contributed by atoms with Crippen molar-refractivity contribution in [3.05, 3.63) is 42.1 Å². The van der Waals surface area contributed by atoms with Crippen LogP contribution in [0.2, 0.25) is 0 Å². The maximum Gasteiger partial charge on any atom is 0.234 e. The lowest BCUT2D eigenvalue weighted by molar-refractivity contribution is 0.104. The average Bonchev–Trinajstić information content (AvgIpc) is 2.49. The minimum Gasteiger partial charge on any atom is -0.383 e. The van der Waals surface area contributed by atoms with Gasteiger partial charge in [-0.05, 0) is 18.6 Å². The molecular weight excluding hydrogens is 300 g/mol. The molecular formula is C16H24N2O3S. The van der Waals surface area contributed by atoms with Gasteiger partial charge >= 0.3 is 0 Å². The highest BCUT2D eigenvalue weighted by Crippen LogP contribution is 2.19. The molecule has 0 spiro atoms. The molecule has 0 aliphatic heterocycles. The third kappa shape index (κ3) is 5.18. The first-order chi connectivity index (χ1) is 10.3. The Balaban J connectivity index is 2.99. The number of ketones is 1. The smallest absolute Gasteiger partial charge is 0.234 e. The van der Waals surface area contributed by atoms with Crippen molar-refractivity contribution >= 4 is 21.5 Å². The summed E-state index contributed by atoms with van der Waals surface area (Å²) in [6.45, 7) is 1.95. The minimum atomic E-state index is -3.35. The Bertz CT molecular complexity index is 637. The zero-order valence-electron chi connectivity index (χ0n) is 13.6. The van der Waals surface area contributed by atoms with Crippen molar-refractivity contribution in [2.24, 2.45) is 0 Å². The van der Waals surface area contributed by atoms with Crippen LogP contribution in [0.3, 0.4) is 0 Å². The maximum atomic E-state index is 12.2. The Hall–Kier alpha value is -1.82. The third-order valence-electron chi connectivity index (χ3n) is 3.19. The van der Waals surface area contributed by atoms with Crippen LogP contribution in [-0.2, 0) is 10.0 Å². The summed E-state index contributed by atoms with van der Waals surface area (Å²) in [5.41, 5.74) is 0.966. The molecule has 0 saturated heterocycles. The number of nitrogens with zero attached hydrogens (tertiary/aromatic N) is 2. The van der Waals surface area contributed by atoms with Crippen LogP contribution in [-0.4, -0.2) is 46.0 Å². The second-order valence-electron chi connectivity index (χ2n) is 5.33. The molecule has 0 atom stereocenters. The second-order valence-corrected chi connectivity index (χ2v) is 7.45. The first-order valence-corrected chi connectivity index (χ1v) is 8.84. The number of sulfonamides is 1. The molecule has 1 aromatic rings. The Morgan fingerprint density at radius 1 is 1.23 bits per heavy atom. The molecule has 1 rings (SSSR count). The Labute approximate surface area is 133 Å². The van der Waals surface area contributed by atoms with Crippen molar-refractivity contribution in [2.45, 2.75) is 19.8 Å². The van der Waals surface area contributed by atoms with E-state index >= 15 is 0 Å². The Morgan fingerprint density at radius 2 is 1.91 bits per heavy atom. The first kappa shape index (κ1) is 18.2. The van der Waals surface area contributed by atoms with E-state index in [1.165, 1.54) is 17.4 Å². The molecule has 1 aromatic carbocycles. The van der Waals surface area contributed by atoms with Gasteiger partial charge in [-0.15, -0.1) is 0 Å². The van der Waals surface area contributed by atoms with Gasteiger partial charge in [-0.3, -0.25) is 9.10 Å². The molecule has 0 bridgehead atoms. The molecule has 6 heteroatoms. The van der Waals surface area contributed by atoms with E-state index in [4.69, 9.17) is 0 Å². The van der Waals surface area contributed by atoms with Gasteiger partial charge in [-0.25, -0.2) is 8.42 Å². The number of carbonyl (C=O) groups excluding carboxylic acids is 1. The van der Waals surface area contributed by atoms with Crippen LogP contribution >= 0.6 is 0 Å². The lowest BCUT2D eigenvalue weighted by atomic mass is 10.1. The van der Waals surface area contributed by atoms with E-state index < -0.39 is 10.0 Å². The van der Waals surface area contributed by atoms with Crippen molar-refractivity contribution < 1.29 is 13.2 Å². The lowest BCUT2D eigenvalue weighted by Crippen LogP contribution is -2.29. The van der Waals surface area contributed by atoms with E-state index in [0.717, 1.165) is 6.42 Å². The van der Waals surface area contributed by atoms with Crippen LogP contribution in [0.5, 0.6) is 0 Å². The molecule has 122 valence electrons. The van der Waals surface area contributed by atoms with Gasteiger partial charge in [-0.1, -0.05) is 25.5 Å². The molecule has 0 amide bonds. The zero-order chi connectivity index (χ0) is 16.8. The van der Waals surface area contributed by atoms with Crippen LogP contribution in [0.15, 0.2) is 36.5 Å². The fraction of sp³-hybridized carbons (Fsp3) is 0.438. The topological polar surface area (TPSA) is 57.7 Å². The first-order valence-electron chi connectivity index (χ1n) is 7.23. The van der Waals surface area contributed by atoms with Gasteiger partial charge in [-0.2, -0.15) is 0 Å². The maximum absolute atomic E-state index is 12.2. The standard InChI is InChI=1S/C16H24N2O3S/c1-5-6-12-22(20,21)18(4)15-9-7-8-14(13-15)16(19)10-11-17(2)3/h7-11,13H,5-6,12H2,1-4H3. The molecule has 0 unspecified atom stereocenters. The van der Waals surface area contributed by atoms with Crippen molar-refractivity contribution in [3.8, 4) is 0 Å². The summed E-state index contributed by atoms with van der Waals surface area (Å²) < 4.78 is 25.7. The number of rotatable bonds is 8. The number of hydrogen-bond donors (Lipinski definition) is 0. The lowest BCUT2D eigenvalue weighted by Gasteiger charge is -2.19. The van der Waals surface area contributed by atoms with Gasteiger partial charge in [0.25, 0.3) is 0 Å². The number of benzene rings is 1. The summed E-state index contributed by atoms with van der Waals surface area (Å²) in [7, 11) is 1.83. The van der Waals surface area contributed by atoms with Crippen LogP contribution in [0, 0.1) is 0 Å². The SMILES string of the molecule is CCCCS(=O)(=O)N(C)c1cccc(C(=O)C=CN(C)C)c1. The van der Waals surface area contributed by atoms with Crippen molar-refractivity contribution in [1.29, 1.82) is 0 Å². The fourth-order valence-corrected chi connectivity index (χ4v) is 3.15. The molecule has 0 aromatic heterocycles. The van der Waals surface area contributed by atoms with Gasteiger partial charge in [0.05, 0.1) is 11.4 Å². The van der Waals surface area contributed by atoms with Gasteiger partial charge < -0.3 is 4.90 Å². The van der Waals surface area contributed by atoms with Crippen molar-refractivity contribution in [2.75, 3.05) is 31.2 Å². The fourth-order valence-electron chi connectivity index (χ4n) is 1.79. The number of allylic oxidation sites excluding steroid dienone is 1. The van der Waals surface area contributed by atoms with Crippen molar-refractivity contribution in [1.82, 2.24) is 4.90 Å². The number of hydrogen-bond acceptors (Lipinski definition) is 4. The number of carbonyl (C=O) groups is 1. The van der Waals surface area contributed by atoms with Crippen LogP contribution in [0.4, 0.5) is 5.69 Å². The molecule has 0 heterocycles. The monoisotopic (exact) mass is 324 g/mol. The second kappa shape index (κ2) is 7.98. The van der Waals surface area contributed by atoms with E-state index in [1.54, 1.807) is 35.4 Å². The summed E-state index contributed by atoms with van der Waals surface area (Å²) >= 11 is 0. The largest absolute Gasteiger partial charge is 0.383 e. The van der Waals surface area contributed by atoms with E-state index in [2.05, 4.69) is 0 Å². The zero-order valence-corrected chi connectivity index (χ0v) is 14.4. The Kier molecular flexibility index (Phi) is 6.61. The molecule has 0 aliphatic carbocycles. The highest BCUT2D eigenvalue weighted by Gasteiger charge is 2.18. The molecule has 0 aliphatic rings. The molecule has 0 fully saturated rings. The molecule has 5 nitrogen and oxygen atoms in total. The predicted octanol–water partition coefficient (Wildman–Crippen LogP) is 2.51. The number of anilines is 1. The van der Waals surface area contributed by atoms with Gasteiger partial charge in [0.1, 0.15) is 0 Å². The van der Waals surface area contributed by atoms with Crippen LogP contribution in [0.25, 0.3) is 0 Å². The quantitative estimate of drug-likeness (QED) is 0.544. The number of unbranched alkanes of at least 4 members (excludes halogenated alkanes) is 1. The summed E-state index contributed by atoms with van der Waals surface area (Å²) in [5, 5.41) is 0. The summed E-state index contributed by atoms with van der Waals surface area (Å²) in [6, 6.07) is 6.66. The average molecular weight is 324 g/mol. The van der Waals surface area contributed by atoms with Gasteiger partial charge in [0.15, 0.2) is 5.78 Å². The van der Waals surface area contributed by atoms with Gasteiger partial charge in [0.2, 0.25) is 10.0 Å². The highest BCUT2D eigenvalue weighted by atomic mass is 32.2. The molecule has 0 radical (unpaired) electrons. The summed E-state index contributed by atoms with van der Waals surface area (Å²) in [6.07, 6.45) is 4.57. The van der Waals surface area contributed by atoms with Crippen LogP contribution in [0.1, 0.15) is 30.1 Å². The van der Waals surface area contributed by atoms with E-state index in [9.17, 15) is 13.2 Å². The molecule has 0 N–H and O–H groups in total. The predicted molar refractivity (Wildman–Crippen MR) is 90.7 cm³/mol. The third-order valence-corrected chi connectivity index (χ3v) is 5.04. The molecule has 22 heavy (non-hydrogen) atoms. The van der Waals surface area contributed by atoms with Gasteiger partial charge in [0, 0.05) is 39.0 Å². The highest BCUT2D eigenvalue weighted by molar-refractivity contribution is 7.92. The summed E-state index contributed by atoms with van der Waals surface area (Å²) in [4.78, 5) is 13.8. The Morgan fingerprint density at radius 3 is 2.50 bits per heavy atom. The minimum absolute atomic E-state index is 0.110.